The third-order valence-electron chi connectivity index (χ3n) is 3.93. The number of ketones is 1. The lowest BCUT2D eigenvalue weighted by atomic mass is 9.96. The van der Waals surface area contributed by atoms with Gasteiger partial charge in [0, 0.05) is 6.54 Å². The van der Waals surface area contributed by atoms with Crippen LogP contribution in [0.15, 0.2) is 0 Å². The van der Waals surface area contributed by atoms with Gasteiger partial charge < -0.3 is 10.2 Å². The molecule has 4 atom stereocenters. The molecular weight excluding hydrogens is 276 g/mol. The quantitative estimate of drug-likeness (QED) is 0.745. The smallest absolute Gasteiger partial charge is 0.243 e. The summed E-state index contributed by atoms with van der Waals surface area (Å²) >= 11 is 4.16. The van der Waals surface area contributed by atoms with Crippen LogP contribution in [0.4, 0.5) is 0 Å². The minimum Gasteiger partial charge on any atom is -0.345 e. The summed E-state index contributed by atoms with van der Waals surface area (Å²) in [5, 5.41) is 2.28. The lowest BCUT2D eigenvalue weighted by Crippen LogP contribution is -2.52. The molecule has 1 N–H and O–H groups in total. The standard InChI is InChI=1S/C14H24N2O3S/c1-5-11-6-7-16(14(19)10(4)20)12(11)13(18)15-8(2)9(3)17/h8,10-12,20H,5-7H2,1-4H3,(H,15,18). The minimum absolute atomic E-state index is 0.0927. The second kappa shape index (κ2) is 7.11. The van der Waals surface area contributed by atoms with Gasteiger partial charge in [0.2, 0.25) is 11.8 Å². The molecule has 0 aromatic heterocycles. The van der Waals surface area contributed by atoms with Gasteiger partial charge in [-0.2, -0.15) is 12.6 Å². The van der Waals surface area contributed by atoms with E-state index in [-0.39, 0.29) is 23.5 Å². The van der Waals surface area contributed by atoms with Crippen LogP contribution in [0.25, 0.3) is 0 Å². The summed E-state index contributed by atoms with van der Waals surface area (Å²) in [5.41, 5.74) is 0. The molecule has 1 aliphatic heterocycles. The Bertz CT molecular complexity index is 398. The number of rotatable bonds is 5. The van der Waals surface area contributed by atoms with E-state index in [9.17, 15) is 14.4 Å². The maximum absolute atomic E-state index is 12.4. The molecule has 1 saturated heterocycles. The van der Waals surface area contributed by atoms with E-state index in [2.05, 4.69) is 17.9 Å². The van der Waals surface area contributed by atoms with Crippen molar-refractivity contribution in [3.63, 3.8) is 0 Å². The van der Waals surface area contributed by atoms with Gasteiger partial charge >= 0.3 is 0 Å². The van der Waals surface area contributed by atoms with Gasteiger partial charge in [0.1, 0.15) is 6.04 Å². The first-order valence-corrected chi connectivity index (χ1v) is 7.60. The molecule has 0 aromatic rings. The Morgan fingerprint density at radius 2 is 1.95 bits per heavy atom. The first kappa shape index (κ1) is 17.0. The topological polar surface area (TPSA) is 66.5 Å². The fraction of sp³-hybridized carbons (Fsp3) is 0.786. The van der Waals surface area contributed by atoms with E-state index in [1.807, 2.05) is 6.92 Å². The number of carbonyl (C=O) groups is 3. The molecular formula is C14H24N2O3S. The summed E-state index contributed by atoms with van der Waals surface area (Å²) in [5.74, 6) is -0.311. The first-order valence-electron chi connectivity index (χ1n) is 7.08. The highest BCUT2D eigenvalue weighted by molar-refractivity contribution is 7.81. The number of nitrogens with zero attached hydrogens (tertiary/aromatic N) is 1. The van der Waals surface area contributed by atoms with E-state index in [0.717, 1.165) is 12.8 Å². The molecule has 4 unspecified atom stereocenters. The van der Waals surface area contributed by atoms with Crippen LogP contribution in [-0.2, 0) is 14.4 Å². The van der Waals surface area contributed by atoms with Gasteiger partial charge in [-0.15, -0.1) is 0 Å². The van der Waals surface area contributed by atoms with E-state index in [1.54, 1.807) is 18.7 Å². The van der Waals surface area contributed by atoms with Crippen LogP contribution < -0.4 is 5.32 Å². The van der Waals surface area contributed by atoms with E-state index in [0.29, 0.717) is 6.54 Å². The van der Waals surface area contributed by atoms with Crippen molar-refractivity contribution in [1.82, 2.24) is 10.2 Å². The highest BCUT2D eigenvalue weighted by Gasteiger charge is 2.41. The molecule has 5 nitrogen and oxygen atoms in total. The van der Waals surface area contributed by atoms with Gasteiger partial charge in [0.05, 0.1) is 11.3 Å². The van der Waals surface area contributed by atoms with Crippen LogP contribution in [0.2, 0.25) is 0 Å². The van der Waals surface area contributed by atoms with Crippen LogP contribution in [0, 0.1) is 5.92 Å². The van der Waals surface area contributed by atoms with Crippen molar-refractivity contribution in [1.29, 1.82) is 0 Å². The lowest BCUT2D eigenvalue weighted by molar-refractivity contribution is -0.139. The Balaban J connectivity index is 2.86. The van der Waals surface area contributed by atoms with Crippen LogP contribution in [0.3, 0.4) is 0 Å². The van der Waals surface area contributed by atoms with Crippen LogP contribution in [0.5, 0.6) is 0 Å². The highest BCUT2D eigenvalue weighted by atomic mass is 32.1. The second-order valence-corrected chi connectivity index (χ2v) is 6.22. The number of hydrogen-bond donors (Lipinski definition) is 2. The van der Waals surface area contributed by atoms with Crippen LogP contribution in [0.1, 0.15) is 40.5 Å². The predicted octanol–water partition coefficient (Wildman–Crippen LogP) is 1.03. The normalized spacial score (nSPS) is 25.1. The molecule has 2 amide bonds. The minimum atomic E-state index is -0.522. The molecule has 1 fully saturated rings. The summed E-state index contributed by atoms with van der Waals surface area (Å²) in [6.45, 7) is 7.39. The van der Waals surface area contributed by atoms with Crippen molar-refractivity contribution in [2.75, 3.05) is 6.54 Å². The average molecular weight is 300 g/mol. The van der Waals surface area contributed by atoms with Crippen molar-refractivity contribution in [3.8, 4) is 0 Å². The van der Waals surface area contributed by atoms with E-state index >= 15 is 0 Å². The third kappa shape index (κ3) is 3.75. The van der Waals surface area contributed by atoms with Gasteiger partial charge in [0.25, 0.3) is 0 Å². The average Bonchev–Trinajstić information content (AvgIpc) is 2.80. The van der Waals surface area contributed by atoms with Crippen molar-refractivity contribution in [2.24, 2.45) is 5.92 Å². The van der Waals surface area contributed by atoms with E-state index in [4.69, 9.17) is 0 Å². The summed E-state index contributed by atoms with van der Waals surface area (Å²) in [6.07, 6.45) is 1.65. The van der Waals surface area contributed by atoms with Crippen molar-refractivity contribution < 1.29 is 14.4 Å². The summed E-state index contributed by atoms with van der Waals surface area (Å²) in [4.78, 5) is 37.4. The molecule has 1 heterocycles. The van der Waals surface area contributed by atoms with E-state index in [1.165, 1.54) is 6.92 Å². The molecule has 20 heavy (non-hydrogen) atoms. The monoisotopic (exact) mass is 300 g/mol. The number of hydrogen-bond acceptors (Lipinski definition) is 4. The largest absolute Gasteiger partial charge is 0.345 e. The Morgan fingerprint density at radius 3 is 2.40 bits per heavy atom. The molecule has 1 rings (SSSR count). The zero-order chi connectivity index (χ0) is 15.4. The maximum Gasteiger partial charge on any atom is 0.243 e. The Hall–Kier alpha value is -1.04. The van der Waals surface area contributed by atoms with Gasteiger partial charge in [-0.25, -0.2) is 0 Å². The third-order valence-corrected chi connectivity index (χ3v) is 4.15. The van der Waals surface area contributed by atoms with Crippen LogP contribution >= 0.6 is 12.6 Å². The molecule has 0 radical (unpaired) electrons. The van der Waals surface area contributed by atoms with E-state index < -0.39 is 17.3 Å². The van der Waals surface area contributed by atoms with Crippen molar-refractivity contribution in [2.45, 2.75) is 57.9 Å². The Morgan fingerprint density at radius 1 is 1.35 bits per heavy atom. The van der Waals surface area contributed by atoms with Crippen molar-refractivity contribution in [3.05, 3.63) is 0 Å². The van der Waals surface area contributed by atoms with Gasteiger partial charge in [0.15, 0.2) is 5.78 Å². The fourth-order valence-electron chi connectivity index (χ4n) is 2.53. The Kier molecular flexibility index (Phi) is 6.05. The first-order chi connectivity index (χ1) is 9.29. The molecule has 6 heteroatoms. The number of likely N-dealkylation sites (tertiary alicyclic amines) is 1. The molecule has 114 valence electrons. The molecule has 0 bridgehead atoms. The number of Topliss-reactive ketones (excluding diaryl/α,β-unsaturated/α-hetero) is 1. The molecule has 0 saturated carbocycles. The molecule has 0 aliphatic carbocycles. The zero-order valence-corrected chi connectivity index (χ0v) is 13.4. The van der Waals surface area contributed by atoms with Crippen LogP contribution in [-0.4, -0.2) is 46.4 Å². The summed E-state index contributed by atoms with van der Waals surface area (Å²) in [6, 6.07) is -1.00. The maximum atomic E-state index is 12.4. The SMILES string of the molecule is CCC1CCN(C(=O)C(C)S)C1C(=O)NC(C)C(C)=O. The number of thiol groups is 1. The number of carbonyl (C=O) groups excluding carboxylic acids is 3. The van der Waals surface area contributed by atoms with Gasteiger partial charge in [-0.05, 0) is 33.1 Å². The number of amides is 2. The Labute approximate surface area is 125 Å². The zero-order valence-electron chi connectivity index (χ0n) is 12.5. The number of nitrogens with one attached hydrogen (secondary N) is 1. The molecule has 1 aliphatic rings. The highest BCUT2D eigenvalue weighted by Crippen LogP contribution is 2.28. The second-order valence-electron chi connectivity index (χ2n) is 5.45. The summed E-state index contributed by atoms with van der Waals surface area (Å²) in [7, 11) is 0. The predicted molar refractivity (Wildman–Crippen MR) is 80.6 cm³/mol. The molecule has 0 spiro atoms. The van der Waals surface area contributed by atoms with Gasteiger partial charge in [-0.3, -0.25) is 14.4 Å². The molecule has 0 aromatic carbocycles. The van der Waals surface area contributed by atoms with Gasteiger partial charge in [-0.1, -0.05) is 13.3 Å². The summed E-state index contributed by atoms with van der Waals surface area (Å²) < 4.78 is 0. The lowest BCUT2D eigenvalue weighted by Gasteiger charge is -2.29. The van der Waals surface area contributed by atoms with Crippen molar-refractivity contribution >= 4 is 30.2 Å². The fourth-order valence-corrected chi connectivity index (χ4v) is 2.68.